The Kier molecular flexibility index (Phi) is 4.10. The van der Waals surface area contributed by atoms with Gasteiger partial charge in [-0.2, -0.15) is 0 Å². The van der Waals surface area contributed by atoms with Gasteiger partial charge in [0.25, 0.3) is 0 Å². The van der Waals surface area contributed by atoms with E-state index >= 15 is 0 Å². The lowest BCUT2D eigenvalue weighted by Gasteiger charge is -2.00. The summed E-state index contributed by atoms with van der Waals surface area (Å²) in [4.78, 5) is 1.44. The van der Waals surface area contributed by atoms with E-state index in [0.29, 0.717) is 5.69 Å². The molecule has 3 rings (SSSR count). The Balaban J connectivity index is 0.000000408. The zero-order chi connectivity index (χ0) is 13.7. The summed E-state index contributed by atoms with van der Waals surface area (Å²) in [7, 11) is 0. The lowest BCUT2D eigenvalue weighted by molar-refractivity contribution is 0.318. The fourth-order valence-electron chi connectivity index (χ4n) is 1.60. The number of hydrogen-bond donors (Lipinski definition) is 2. The second kappa shape index (κ2) is 5.97. The van der Waals surface area contributed by atoms with Crippen LogP contribution in [0, 0.1) is 0 Å². The number of aromatic hydroxyl groups is 1. The monoisotopic (exact) mass is 257 g/mol. The van der Waals surface area contributed by atoms with Gasteiger partial charge < -0.3 is 10.2 Å². The number of aliphatic hydroxyl groups excluding tert-OH is 1. The third-order valence-corrected chi connectivity index (χ3v) is 2.38. The Labute approximate surface area is 110 Å². The Hall–Kier alpha value is -2.40. The van der Waals surface area contributed by atoms with Gasteiger partial charge in [-0.05, 0) is 31.2 Å². The van der Waals surface area contributed by atoms with Crippen LogP contribution in [-0.4, -0.2) is 31.8 Å². The van der Waals surface area contributed by atoms with Gasteiger partial charge in [0, 0.05) is 6.61 Å². The van der Waals surface area contributed by atoms with Crippen molar-refractivity contribution >= 4 is 11.0 Å². The van der Waals surface area contributed by atoms with E-state index < -0.39 is 0 Å². The van der Waals surface area contributed by atoms with Crippen LogP contribution in [-0.2, 0) is 0 Å². The normalized spacial score (nSPS) is 10.0. The molecule has 5 nitrogen and oxygen atoms in total. The fourth-order valence-corrected chi connectivity index (χ4v) is 1.60. The van der Waals surface area contributed by atoms with Crippen molar-refractivity contribution in [2.75, 3.05) is 6.61 Å². The van der Waals surface area contributed by atoms with Gasteiger partial charge in [0.1, 0.15) is 22.5 Å². The first kappa shape index (κ1) is 13.0. The summed E-state index contributed by atoms with van der Waals surface area (Å²) in [5.74, 6) is 0.169. The Morgan fingerprint density at radius 3 is 1.95 bits per heavy atom. The number of fused-ring (bicyclic) bond motifs is 1. The lowest BCUT2D eigenvalue weighted by Crippen LogP contribution is -1.98. The van der Waals surface area contributed by atoms with Crippen LogP contribution >= 0.6 is 0 Å². The van der Waals surface area contributed by atoms with E-state index in [2.05, 4.69) is 10.2 Å². The second-order valence-electron chi connectivity index (χ2n) is 3.78. The number of aliphatic hydroxyl groups is 1. The first-order chi connectivity index (χ1) is 9.26. The smallest absolute Gasteiger partial charge is 0.143 e. The molecular formula is C14H15N3O2. The fraction of sp³-hybridized carbons (Fsp3) is 0.143. The van der Waals surface area contributed by atoms with Crippen molar-refractivity contribution in [3.05, 3.63) is 48.5 Å². The van der Waals surface area contributed by atoms with E-state index in [1.54, 1.807) is 25.1 Å². The molecule has 0 saturated carbocycles. The lowest BCUT2D eigenvalue weighted by atomic mass is 10.3. The number of para-hydroxylation sites is 2. The standard InChI is InChI=1S/C12H9N3O.C2H6O/c16-12-8-4-3-7-11(12)15-13-9-5-1-2-6-10(9)14-15;1-2-3/h1-8,16H;3H,2H2,1H3. The molecule has 1 heterocycles. The first-order valence-corrected chi connectivity index (χ1v) is 5.97. The molecule has 0 saturated heterocycles. The Morgan fingerprint density at radius 2 is 1.42 bits per heavy atom. The summed E-state index contributed by atoms with van der Waals surface area (Å²) < 4.78 is 0. The van der Waals surface area contributed by atoms with E-state index in [1.165, 1.54) is 4.80 Å². The Morgan fingerprint density at radius 1 is 0.947 bits per heavy atom. The van der Waals surface area contributed by atoms with Crippen LogP contribution in [0.5, 0.6) is 5.75 Å². The molecule has 2 aromatic carbocycles. The topological polar surface area (TPSA) is 71.2 Å². The second-order valence-corrected chi connectivity index (χ2v) is 3.78. The molecule has 5 heteroatoms. The molecule has 0 bridgehead atoms. The van der Waals surface area contributed by atoms with E-state index in [1.807, 2.05) is 30.3 Å². The summed E-state index contributed by atoms with van der Waals surface area (Å²) >= 11 is 0. The van der Waals surface area contributed by atoms with Crippen LogP contribution in [0.1, 0.15) is 6.92 Å². The van der Waals surface area contributed by atoms with Gasteiger partial charge in [-0.1, -0.05) is 24.3 Å². The highest BCUT2D eigenvalue weighted by Crippen LogP contribution is 2.20. The predicted octanol–water partition coefficient (Wildman–Crippen LogP) is 2.12. The van der Waals surface area contributed by atoms with Gasteiger partial charge in [0.15, 0.2) is 0 Å². The highest BCUT2D eigenvalue weighted by molar-refractivity contribution is 5.73. The minimum Gasteiger partial charge on any atom is -0.506 e. The number of benzene rings is 2. The molecule has 1 aromatic heterocycles. The third-order valence-electron chi connectivity index (χ3n) is 2.38. The zero-order valence-electron chi connectivity index (χ0n) is 10.6. The van der Waals surface area contributed by atoms with E-state index in [9.17, 15) is 5.11 Å². The molecule has 0 aliphatic heterocycles. The molecule has 0 amide bonds. The van der Waals surface area contributed by atoms with Crippen LogP contribution in [0.25, 0.3) is 16.7 Å². The summed E-state index contributed by atoms with van der Waals surface area (Å²) in [6, 6.07) is 14.6. The minimum atomic E-state index is 0.169. The maximum atomic E-state index is 9.69. The molecule has 0 atom stereocenters. The number of rotatable bonds is 1. The van der Waals surface area contributed by atoms with Gasteiger partial charge in [-0.25, -0.2) is 0 Å². The minimum absolute atomic E-state index is 0.169. The molecule has 0 unspecified atom stereocenters. The van der Waals surface area contributed by atoms with Crippen molar-refractivity contribution in [2.24, 2.45) is 0 Å². The highest BCUT2D eigenvalue weighted by atomic mass is 16.3. The van der Waals surface area contributed by atoms with Crippen molar-refractivity contribution in [1.82, 2.24) is 15.0 Å². The summed E-state index contributed by atoms with van der Waals surface area (Å²) in [6.07, 6.45) is 0. The third kappa shape index (κ3) is 2.89. The average molecular weight is 257 g/mol. The molecule has 0 fully saturated rings. The van der Waals surface area contributed by atoms with Gasteiger partial charge in [-0.15, -0.1) is 15.0 Å². The van der Waals surface area contributed by atoms with Gasteiger partial charge >= 0.3 is 0 Å². The van der Waals surface area contributed by atoms with Crippen molar-refractivity contribution < 1.29 is 10.2 Å². The van der Waals surface area contributed by atoms with E-state index in [-0.39, 0.29) is 12.4 Å². The van der Waals surface area contributed by atoms with Crippen LogP contribution in [0.4, 0.5) is 0 Å². The highest BCUT2D eigenvalue weighted by Gasteiger charge is 2.06. The molecule has 2 N–H and O–H groups in total. The summed E-state index contributed by atoms with van der Waals surface area (Å²) in [5, 5.41) is 25.8. The van der Waals surface area contributed by atoms with E-state index in [0.717, 1.165) is 11.0 Å². The molecule has 0 aliphatic rings. The molecule has 19 heavy (non-hydrogen) atoms. The molecule has 0 aliphatic carbocycles. The van der Waals surface area contributed by atoms with Crippen molar-refractivity contribution in [3.8, 4) is 11.4 Å². The molecular weight excluding hydrogens is 242 g/mol. The zero-order valence-corrected chi connectivity index (χ0v) is 10.6. The van der Waals surface area contributed by atoms with Crippen LogP contribution in [0.3, 0.4) is 0 Å². The van der Waals surface area contributed by atoms with E-state index in [4.69, 9.17) is 5.11 Å². The van der Waals surface area contributed by atoms with Gasteiger partial charge in [0.05, 0.1) is 0 Å². The summed E-state index contributed by atoms with van der Waals surface area (Å²) in [6.45, 7) is 1.93. The van der Waals surface area contributed by atoms with Crippen LogP contribution < -0.4 is 0 Å². The number of phenols is 1. The molecule has 3 aromatic rings. The summed E-state index contributed by atoms with van der Waals surface area (Å²) in [5.41, 5.74) is 2.20. The number of aromatic nitrogens is 3. The van der Waals surface area contributed by atoms with Crippen molar-refractivity contribution in [3.63, 3.8) is 0 Å². The van der Waals surface area contributed by atoms with Gasteiger partial charge in [0.2, 0.25) is 0 Å². The SMILES string of the molecule is CCO.Oc1ccccc1-n1nc2ccccc2n1. The predicted molar refractivity (Wildman–Crippen MR) is 73.3 cm³/mol. The maximum absolute atomic E-state index is 9.69. The number of phenolic OH excluding ortho intramolecular Hbond substituents is 1. The quantitative estimate of drug-likeness (QED) is 0.700. The maximum Gasteiger partial charge on any atom is 0.143 e. The van der Waals surface area contributed by atoms with Crippen molar-refractivity contribution in [1.29, 1.82) is 0 Å². The van der Waals surface area contributed by atoms with Crippen molar-refractivity contribution in [2.45, 2.75) is 6.92 Å². The Bertz CT molecular complexity index is 631. The van der Waals surface area contributed by atoms with Gasteiger partial charge in [-0.3, -0.25) is 0 Å². The first-order valence-electron chi connectivity index (χ1n) is 5.97. The van der Waals surface area contributed by atoms with Crippen LogP contribution in [0.15, 0.2) is 48.5 Å². The largest absolute Gasteiger partial charge is 0.506 e. The van der Waals surface area contributed by atoms with Crippen LogP contribution in [0.2, 0.25) is 0 Å². The molecule has 0 radical (unpaired) electrons. The number of nitrogens with zero attached hydrogens (tertiary/aromatic N) is 3. The number of hydrogen-bond acceptors (Lipinski definition) is 4. The molecule has 0 spiro atoms. The molecule has 98 valence electrons. The average Bonchev–Trinajstić information content (AvgIpc) is 2.83.